The number of benzene rings is 1. The Morgan fingerprint density at radius 3 is 2.83 bits per heavy atom. The molecule has 0 spiro atoms. The summed E-state index contributed by atoms with van der Waals surface area (Å²) in [5.41, 5.74) is 3.64. The summed E-state index contributed by atoms with van der Waals surface area (Å²) in [5.74, 6) is -0.233. The van der Waals surface area contributed by atoms with Crippen LogP contribution < -0.4 is 10.6 Å². The molecule has 0 aliphatic carbocycles. The molecule has 1 fully saturated rings. The van der Waals surface area contributed by atoms with Crippen molar-refractivity contribution in [2.24, 2.45) is 0 Å². The fourth-order valence-electron chi connectivity index (χ4n) is 4.12. The second-order valence-corrected chi connectivity index (χ2v) is 7.96. The van der Waals surface area contributed by atoms with E-state index in [4.69, 9.17) is 0 Å². The number of rotatable bonds is 4. The molecule has 1 aromatic carbocycles. The second-order valence-electron chi connectivity index (χ2n) is 7.96. The first-order valence-electron chi connectivity index (χ1n) is 10.2. The molecular weight excluding hydrogens is 368 g/mol. The summed E-state index contributed by atoms with van der Waals surface area (Å²) in [7, 11) is 3.96. The summed E-state index contributed by atoms with van der Waals surface area (Å²) in [5, 5.41) is 13.3. The van der Waals surface area contributed by atoms with Crippen LogP contribution in [0.1, 0.15) is 44.9 Å². The second kappa shape index (κ2) is 8.34. The summed E-state index contributed by atoms with van der Waals surface area (Å²) < 4.78 is 0. The number of carbonyl (C=O) groups excluding carboxylic acids is 2. The van der Waals surface area contributed by atoms with Crippen molar-refractivity contribution >= 4 is 17.5 Å². The number of amides is 2. The predicted molar refractivity (Wildman–Crippen MR) is 111 cm³/mol. The van der Waals surface area contributed by atoms with E-state index in [1.54, 1.807) is 24.3 Å². The topological polar surface area (TPSA) is 93.4 Å². The van der Waals surface area contributed by atoms with E-state index in [2.05, 4.69) is 32.8 Å². The number of fused-ring (bicyclic) bond motifs is 1. The number of carbonyl (C=O) groups is 2. The highest BCUT2D eigenvalue weighted by molar-refractivity contribution is 6.04. The van der Waals surface area contributed by atoms with Gasteiger partial charge in [0.05, 0.1) is 0 Å². The van der Waals surface area contributed by atoms with E-state index < -0.39 is 0 Å². The van der Waals surface area contributed by atoms with Gasteiger partial charge in [-0.25, -0.2) is 0 Å². The first-order chi connectivity index (χ1) is 14.0. The third kappa shape index (κ3) is 4.18. The molecule has 2 aliphatic heterocycles. The lowest BCUT2D eigenvalue weighted by molar-refractivity contribution is 0.0644. The van der Waals surface area contributed by atoms with E-state index in [9.17, 15) is 9.59 Å². The number of piperidine rings is 1. The zero-order valence-electron chi connectivity index (χ0n) is 17.0. The SMILES string of the molecule is CN1CCCC(N(C)C(=O)c2ccc(NC(=O)c3n[nH]c4c3CNCC4)cc2)C1. The fraction of sp³-hybridized carbons (Fsp3) is 0.476. The maximum Gasteiger partial charge on any atom is 0.276 e. The summed E-state index contributed by atoms with van der Waals surface area (Å²) >= 11 is 0. The van der Waals surface area contributed by atoms with E-state index in [1.807, 2.05) is 11.9 Å². The number of likely N-dealkylation sites (tertiary alicyclic amines) is 1. The van der Waals surface area contributed by atoms with Crippen LogP contribution in [0.2, 0.25) is 0 Å². The Kier molecular flexibility index (Phi) is 5.64. The Morgan fingerprint density at radius 2 is 2.07 bits per heavy atom. The molecule has 0 saturated carbocycles. The van der Waals surface area contributed by atoms with E-state index in [0.717, 1.165) is 50.2 Å². The molecule has 3 N–H and O–H groups in total. The largest absolute Gasteiger partial charge is 0.337 e. The maximum atomic E-state index is 12.8. The maximum absolute atomic E-state index is 12.8. The third-order valence-corrected chi connectivity index (χ3v) is 5.88. The number of aromatic amines is 1. The van der Waals surface area contributed by atoms with E-state index in [0.29, 0.717) is 23.5 Å². The minimum Gasteiger partial charge on any atom is -0.337 e. The van der Waals surface area contributed by atoms with Gasteiger partial charge in [-0.15, -0.1) is 0 Å². The van der Waals surface area contributed by atoms with Crippen LogP contribution in [0.15, 0.2) is 24.3 Å². The van der Waals surface area contributed by atoms with Gasteiger partial charge in [0.15, 0.2) is 5.69 Å². The zero-order chi connectivity index (χ0) is 20.4. The molecular formula is C21H28N6O2. The van der Waals surface area contributed by atoms with Gasteiger partial charge in [0.1, 0.15) is 0 Å². The monoisotopic (exact) mass is 396 g/mol. The van der Waals surface area contributed by atoms with Gasteiger partial charge in [-0.2, -0.15) is 5.10 Å². The first kappa shape index (κ1) is 19.6. The highest BCUT2D eigenvalue weighted by Gasteiger charge is 2.25. The van der Waals surface area contributed by atoms with Crippen LogP contribution in [-0.2, 0) is 13.0 Å². The van der Waals surface area contributed by atoms with Crippen LogP contribution in [0.5, 0.6) is 0 Å². The van der Waals surface area contributed by atoms with Gasteiger partial charge in [0.2, 0.25) is 0 Å². The molecule has 154 valence electrons. The van der Waals surface area contributed by atoms with Gasteiger partial charge in [0, 0.05) is 61.7 Å². The van der Waals surface area contributed by atoms with Gasteiger partial charge >= 0.3 is 0 Å². The normalized spacial score (nSPS) is 19.4. The molecule has 2 aliphatic rings. The molecule has 0 bridgehead atoms. The predicted octanol–water partition coefficient (Wildman–Crippen LogP) is 1.47. The smallest absolute Gasteiger partial charge is 0.276 e. The standard InChI is InChI=1S/C21H28N6O2/c1-26-11-3-4-16(13-26)27(2)21(29)14-5-7-15(8-6-14)23-20(28)19-17-12-22-10-9-18(17)24-25-19/h5-8,16,22H,3-4,9-13H2,1-2H3,(H,23,28)(H,24,25). The minimum absolute atomic E-state index is 0.00984. The van der Waals surface area contributed by atoms with Crippen LogP contribution in [0.25, 0.3) is 0 Å². The van der Waals surface area contributed by atoms with Crippen molar-refractivity contribution in [2.75, 3.05) is 39.0 Å². The van der Waals surface area contributed by atoms with Gasteiger partial charge in [-0.05, 0) is 50.7 Å². The zero-order valence-corrected chi connectivity index (χ0v) is 17.0. The van der Waals surface area contributed by atoms with Crippen LogP contribution in [0, 0.1) is 0 Å². The van der Waals surface area contributed by atoms with Crippen LogP contribution in [-0.4, -0.2) is 71.6 Å². The van der Waals surface area contributed by atoms with Crippen molar-refractivity contribution in [3.05, 3.63) is 46.8 Å². The van der Waals surface area contributed by atoms with Crippen molar-refractivity contribution in [3.63, 3.8) is 0 Å². The number of nitrogens with one attached hydrogen (secondary N) is 3. The van der Waals surface area contributed by atoms with Crippen molar-refractivity contribution in [3.8, 4) is 0 Å². The number of aromatic nitrogens is 2. The average Bonchev–Trinajstić information content (AvgIpc) is 3.17. The number of anilines is 1. The van der Waals surface area contributed by atoms with Gasteiger partial charge in [-0.3, -0.25) is 14.7 Å². The Morgan fingerprint density at radius 1 is 1.28 bits per heavy atom. The van der Waals surface area contributed by atoms with Gasteiger partial charge in [-0.1, -0.05) is 0 Å². The van der Waals surface area contributed by atoms with Crippen molar-refractivity contribution in [1.82, 2.24) is 25.3 Å². The molecule has 3 heterocycles. The molecule has 2 aromatic rings. The molecule has 1 saturated heterocycles. The minimum atomic E-state index is -0.243. The molecule has 2 amide bonds. The Balaban J connectivity index is 1.40. The number of likely N-dealkylation sites (N-methyl/N-ethyl adjacent to an activating group) is 2. The van der Waals surface area contributed by atoms with E-state index in [1.165, 1.54) is 0 Å². The molecule has 1 aromatic heterocycles. The first-order valence-corrected chi connectivity index (χ1v) is 10.2. The van der Waals surface area contributed by atoms with Crippen molar-refractivity contribution in [1.29, 1.82) is 0 Å². The molecule has 4 rings (SSSR count). The Bertz CT molecular complexity index is 891. The molecule has 0 radical (unpaired) electrons. The number of H-pyrrole nitrogens is 1. The highest BCUT2D eigenvalue weighted by atomic mass is 16.2. The lowest BCUT2D eigenvalue weighted by atomic mass is 10.0. The number of hydrogen-bond donors (Lipinski definition) is 3. The molecule has 8 nitrogen and oxygen atoms in total. The molecule has 29 heavy (non-hydrogen) atoms. The lowest BCUT2D eigenvalue weighted by Crippen LogP contribution is -2.47. The Labute approximate surface area is 170 Å². The fourth-order valence-corrected chi connectivity index (χ4v) is 4.12. The summed E-state index contributed by atoms with van der Waals surface area (Å²) in [6.45, 7) is 3.52. The van der Waals surface area contributed by atoms with Gasteiger partial charge in [0.25, 0.3) is 11.8 Å². The molecule has 1 unspecified atom stereocenters. The molecule has 8 heteroatoms. The summed E-state index contributed by atoms with van der Waals surface area (Å²) in [4.78, 5) is 29.5. The van der Waals surface area contributed by atoms with Crippen molar-refractivity contribution in [2.45, 2.75) is 31.8 Å². The highest BCUT2D eigenvalue weighted by Crippen LogP contribution is 2.19. The number of hydrogen-bond acceptors (Lipinski definition) is 5. The third-order valence-electron chi connectivity index (χ3n) is 5.88. The quantitative estimate of drug-likeness (QED) is 0.728. The van der Waals surface area contributed by atoms with Crippen LogP contribution in [0.3, 0.4) is 0 Å². The summed E-state index contributed by atoms with van der Waals surface area (Å²) in [6, 6.07) is 7.30. The van der Waals surface area contributed by atoms with Crippen LogP contribution in [0.4, 0.5) is 5.69 Å². The van der Waals surface area contributed by atoms with Crippen LogP contribution >= 0.6 is 0 Å². The Hall–Kier alpha value is -2.71. The van der Waals surface area contributed by atoms with Crippen molar-refractivity contribution < 1.29 is 9.59 Å². The van der Waals surface area contributed by atoms with E-state index >= 15 is 0 Å². The molecule has 1 atom stereocenters. The number of nitrogens with zero attached hydrogens (tertiary/aromatic N) is 3. The lowest BCUT2D eigenvalue weighted by Gasteiger charge is -2.35. The van der Waals surface area contributed by atoms with E-state index in [-0.39, 0.29) is 17.9 Å². The van der Waals surface area contributed by atoms with Gasteiger partial charge < -0.3 is 20.4 Å². The average molecular weight is 396 g/mol. The summed E-state index contributed by atoms with van der Waals surface area (Å²) in [6.07, 6.45) is 2.98.